The monoisotopic (exact) mass is 448 g/mol. The molecule has 1 amide bonds. The lowest BCUT2D eigenvalue weighted by Crippen LogP contribution is -2.34. The standard InChI is InChI=1S/C20H20N2O8S/c1-11-20(25)21-14-10-13(5-6-15(14)30-11)22-31(26,27)17-9-12(4-7-18(23)24)8-16(28-2)19(17)29-3/h4-11,22H,1-3H3,(H,21,25)(H,23,24). The molecule has 164 valence electrons. The normalized spacial score (nSPS) is 15.6. The molecule has 2 aromatic rings. The van der Waals surface area contributed by atoms with Gasteiger partial charge in [-0.1, -0.05) is 0 Å². The summed E-state index contributed by atoms with van der Waals surface area (Å²) in [6, 6.07) is 7.15. The molecule has 0 fully saturated rings. The number of amides is 1. The first-order valence-corrected chi connectivity index (χ1v) is 10.4. The van der Waals surface area contributed by atoms with Gasteiger partial charge >= 0.3 is 5.97 Å². The fourth-order valence-electron chi connectivity index (χ4n) is 2.90. The molecule has 31 heavy (non-hydrogen) atoms. The van der Waals surface area contributed by atoms with E-state index in [1.807, 2.05) is 0 Å². The molecule has 0 saturated heterocycles. The average Bonchev–Trinajstić information content (AvgIpc) is 2.72. The minimum Gasteiger partial charge on any atom is -0.493 e. The van der Waals surface area contributed by atoms with Crippen LogP contribution in [0.5, 0.6) is 17.2 Å². The molecule has 1 atom stereocenters. The first-order valence-electron chi connectivity index (χ1n) is 8.96. The van der Waals surface area contributed by atoms with E-state index < -0.39 is 22.1 Å². The van der Waals surface area contributed by atoms with Crippen LogP contribution in [0.3, 0.4) is 0 Å². The number of methoxy groups -OCH3 is 2. The molecular weight excluding hydrogens is 428 g/mol. The summed E-state index contributed by atoms with van der Waals surface area (Å²) in [6.07, 6.45) is 1.45. The number of carboxylic acids is 1. The number of hydrogen-bond donors (Lipinski definition) is 3. The second-order valence-corrected chi connectivity index (χ2v) is 8.14. The largest absolute Gasteiger partial charge is 0.493 e. The molecule has 11 heteroatoms. The van der Waals surface area contributed by atoms with Gasteiger partial charge in [-0.2, -0.15) is 0 Å². The molecule has 0 bridgehead atoms. The number of ether oxygens (including phenoxy) is 3. The number of anilines is 2. The third-order valence-electron chi connectivity index (χ3n) is 4.34. The predicted molar refractivity (Wildman–Crippen MR) is 112 cm³/mol. The summed E-state index contributed by atoms with van der Waals surface area (Å²) in [5.74, 6) is -1.07. The van der Waals surface area contributed by atoms with Crippen LogP contribution in [-0.2, 0) is 19.6 Å². The van der Waals surface area contributed by atoms with E-state index in [2.05, 4.69) is 10.0 Å². The quantitative estimate of drug-likeness (QED) is 0.548. The van der Waals surface area contributed by atoms with E-state index in [-0.39, 0.29) is 33.6 Å². The Labute approximate surface area is 178 Å². The van der Waals surface area contributed by atoms with E-state index in [0.29, 0.717) is 11.4 Å². The van der Waals surface area contributed by atoms with Crippen molar-refractivity contribution in [3.63, 3.8) is 0 Å². The highest BCUT2D eigenvalue weighted by Crippen LogP contribution is 2.38. The molecule has 2 aromatic carbocycles. The van der Waals surface area contributed by atoms with Gasteiger partial charge in [-0.25, -0.2) is 13.2 Å². The molecule has 3 rings (SSSR count). The van der Waals surface area contributed by atoms with Gasteiger partial charge in [-0.15, -0.1) is 0 Å². The number of carbonyl (C=O) groups is 2. The van der Waals surface area contributed by atoms with Gasteiger partial charge in [0.2, 0.25) is 0 Å². The fourth-order valence-corrected chi connectivity index (χ4v) is 4.16. The van der Waals surface area contributed by atoms with Crippen LogP contribution in [-0.4, -0.2) is 45.7 Å². The number of carboxylic acid groups (broad SMARTS) is 1. The van der Waals surface area contributed by atoms with Gasteiger partial charge in [0.05, 0.1) is 25.6 Å². The van der Waals surface area contributed by atoms with Crippen LogP contribution >= 0.6 is 0 Å². The van der Waals surface area contributed by atoms with Gasteiger partial charge in [-0.3, -0.25) is 9.52 Å². The number of rotatable bonds is 7. The highest BCUT2D eigenvalue weighted by Gasteiger charge is 2.26. The van der Waals surface area contributed by atoms with Gasteiger partial charge < -0.3 is 24.6 Å². The van der Waals surface area contributed by atoms with Crippen molar-refractivity contribution in [3.8, 4) is 17.2 Å². The maximum absolute atomic E-state index is 13.1. The Hall–Kier alpha value is -3.73. The van der Waals surface area contributed by atoms with Crippen molar-refractivity contribution < 1.29 is 37.3 Å². The lowest BCUT2D eigenvalue weighted by molar-refractivity contribution is -0.131. The highest BCUT2D eigenvalue weighted by molar-refractivity contribution is 7.92. The number of fused-ring (bicyclic) bond motifs is 1. The summed E-state index contributed by atoms with van der Waals surface area (Å²) < 4.78 is 44.5. The number of hydrogen-bond acceptors (Lipinski definition) is 7. The van der Waals surface area contributed by atoms with Crippen molar-refractivity contribution in [3.05, 3.63) is 42.0 Å². The zero-order chi connectivity index (χ0) is 22.8. The number of carbonyl (C=O) groups excluding carboxylic acids is 1. The van der Waals surface area contributed by atoms with Crippen molar-refractivity contribution in [1.82, 2.24) is 0 Å². The lowest BCUT2D eigenvalue weighted by atomic mass is 10.2. The molecule has 0 spiro atoms. The molecule has 1 aliphatic heterocycles. The SMILES string of the molecule is COc1cc(C=CC(=O)O)cc(S(=O)(=O)Nc2ccc3c(c2)NC(=O)C(C)O3)c1OC. The Bertz CT molecular complexity index is 1170. The third kappa shape index (κ3) is 4.72. The highest BCUT2D eigenvalue weighted by atomic mass is 32.2. The molecule has 1 aliphatic rings. The van der Waals surface area contributed by atoms with Crippen molar-refractivity contribution in [2.75, 3.05) is 24.3 Å². The van der Waals surface area contributed by atoms with Crippen molar-refractivity contribution in [1.29, 1.82) is 0 Å². The minimum absolute atomic E-state index is 0.0501. The first-order chi connectivity index (χ1) is 14.6. The molecule has 0 radical (unpaired) electrons. The van der Waals surface area contributed by atoms with Gasteiger partial charge in [0.15, 0.2) is 17.6 Å². The molecule has 0 saturated carbocycles. The summed E-state index contributed by atoms with van der Waals surface area (Å²) in [6.45, 7) is 1.60. The maximum atomic E-state index is 13.1. The molecule has 0 aliphatic carbocycles. The van der Waals surface area contributed by atoms with Crippen molar-refractivity contribution >= 4 is 39.4 Å². The number of sulfonamides is 1. The Morgan fingerprint density at radius 1 is 1.23 bits per heavy atom. The number of aliphatic carboxylic acids is 1. The molecular formula is C20H20N2O8S. The van der Waals surface area contributed by atoms with Gasteiger partial charge in [0.25, 0.3) is 15.9 Å². The zero-order valence-electron chi connectivity index (χ0n) is 16.8. The maximum Gasteiger partial charge on any atom is 0.328 e. The summed E-state index contributed by atoms with van der Waals surface area (Å²) >= 11 is 0. The predicted octanol–water partition coefficient (Wildman–Crippen LogP) is 2.32. The van der Waals surface area contributed by atoms with E-state index >= 15 is 0 Å². The van der Waals surface area contributed by atoms with E-state index in [1.165, 1.54) is 50.6 Å². The van der Waals surface area contributed by atoms with Crippen LogP contribution in [0.2, 0.25) is 0 Å². The molecule has 1 heterocycles. The van der Waals surface area contributed by atoms with Crippen LogP contribution in [0.4, 0.5) is 11.4 Å². The first kappa shape index (κ1) is 22.0. The van der Waals surface area contributed by atoms with Crippen LogP contribution in [0.25, 0.3) is 6.08 Å². The van der Waals surface area contributed by atoms with E-state index in [0.717, 1.165) is 6.08 Å². The van der Waals surface area contributed by atoms with Gasteiger partial charge in [-0.05, 0) is 48.9 Å². The Morgan fingerprint density at radius 2 is 1.97 bits per heavy atom. The van der Waals surface area contributed by atoms with E-state index in [4.69, 9.17) is 19.3 Å². The summed E-state index contributed by atoms with van der Waals surface area (Å²) in [5.41, 5.74) is 0.774. The van der Waals surface area contributed by atoms with Crippen LogP contribution in [0.1, 0.15) is 12.5 Å². The van der Waals surface area contributed by atoms with Gasteiger partial charge in [0.1, 0.15) is 10.6 Å². The lowest BCUT2D eigenvalue weighted by Gasteiger charge is -2.24. The van der Waals surface area contributed by atoms with E-state index in [9.17, 15) is 18.0 Å². The molecule has 10 nitrogen and oxygen atoms in total. The number of nitrogens with one attached hydrogen (secondary N) is 2. The van der Waals surface area contributed by atoms with Crippen LogP contribution in [0, 0.1) is 0 Å². The van der Waals surface area contributed by atoms with Gasteiger partial charge in [0, 0.05) is 6.08 Å². The Balaban J connectivity index is 2.01. The zero-order valence-corrected chi connectivity index (χ0v) is 17.6. The van der Waals surface area contributed by atoms with Crippen molar-refractivity contribution in [2.24, 2.45) is 0 Å². The number of benzene rings is 2. The summed E-state index contributed by atoms with van der Waals surface area (Å²) in [4.78, 5) is 22.4. The van der Waals surface area contributed by atoms with Crippen LogP contribution in [0.15, 0.2) is 41.3 Å². The summed E-state index contributed by atoms with van der Waals surface area (Å²) in [7, 11) is -1.57. The molecule has 0 aromatic heterocycles. The Morgan fingerprint density at radius 3 is 2.61 bits per heavy atom. The second-order valence-electron chi connectivity index (χ2n) is 6.49. The fraction of sp³-hybridized carbons (Fsp3) is 0.200. The topological polar surface area (TPSA) is 140 Å². The minimum atomic E-state index is -4.19. The second kappa shape index (κ2) is 8.56. The summed E-state index contributed by atoms with van der Waals surface area (Å²) in [5, 5.41) is 11.5. The van der Waals surface area contributed by atoms with E-state index in [1.54, 1.807) is 6.92 Å². The smallest absolute Gasteiger partial charge is 0.328 e. The third-order valence-corrected chi connectivity index (χ3v) is 5.72. The van der Waals surface area contributed by atoms with Crippen LogP contribution < -0.4 is 24.2 Å². The molecule has 1 unspecified atom stereocenters. The average molecular weight is 448 g/mol. The molecule has 3 N–H and O–H groups in total. The Kier molecular flexibility index (Phi) is 6.07. The van der Waals surface area contributed by atoms with Crippen molar-refractivity contribution in [2.45, 2.75) is 17.9 Å².